The molecule has 0 aromatic heterocycles. The van der Waals surface area contributed by atoms with Gasteiger partial charge in [0.2, 0.25) is 5.91 Å². The van der Waals surface area contributed by atoms with Crippen LogP contribution in [0.2, 0.25) is 0 Å². The molecule has 1 rings (SSSR count). The van der Waals surface area contributed by atoms with E-state index in [1.807, 2.05) is 6.92 Å². The zero-order valence-electron chi connectivity index (χ0n) is 11.1. The first kappa shape index (κ1) is 13.5. The van der Waals surface area contributed by atoms with Gasteiger partial charge in [-0.3, -0.25) is 14.5 Å². The van der Waals surface area contributed by atoms with Gasteiger partial charge in [-0.2, -0.15) is 0 Å². The van der Waals surface area contributed by atoms with Crippen molar-refractivity contribution in [3.63, 3.8) is 0 Å². The van der Waals surface area contributed by atoms with Crippen LogP contribution in [-0.2, 0) is 14.3 Å². The molecule has 5 heteroatoms. The van der Waals surface area contributed by atoms with Crippen LogP contribution in [0.3, 0.4) is 0 Å². The van der Waals surface area contributed by atoms with Gasteiger partial charge in [-0.1, -0.05) is 6.92 Å². The third-order valence-corrected chi connectivity index (χ3v) is 3.15. The Balaban J connectivity index is 3.04. The minimum atomic E-state index is -0.910. The van der Waals surface area contributed by atoms with E-state index in [9.17, 15) is 9.59 Å². The predicted octanol–water partition coefficient (Wildman–Crippen LogP) is 1.01. The highest BCUT2D eigenvalue weighted by Crippen LogP contribution is 2.25. The molecule has 0 saturated heterocycles. The van der Waals surface area contributed by atoms with E-state index in [0.717, 1.165) is 0 Å². The molecule has 0 aromatic rings. The first-order valence-electron chi connectivity index (χ1n) is 5.73. The van der Waals surface area contributed by atoms with Gasteiger partial charge in [0.15, 0.2) is 6.73 Å². The molecule has 0 aliphatic carbocycles. The van der Waals surface area contributed by atoms with Crippen molar-refractivity contribution in [3.8, 4) is 0 Å². The summed E-state index contributed by atoms with van der Waals surface area (Å²) in [5, 5.41) is 2.56. The quantitative estimate of drug-likeness (QED) is 0.801. The molecule has 0 bridgehead atoms. The molecular formula is C12H20N2O3. The fraction of sp³-hybridized carbons (Fsp3) is 0.667. The topological polar surface area (TPSA) is 58.6 Å². The average Bonchev–Trinajstić information content (AvgIpc) is 2.28. The number of carbonyl (C=O) groups is 2. The van der Waals surface area contributed by atoms with Crippen LogP contribution in [0.4, 0.5) is 0 Å². The van der Waals surface area contributed by atoms with Gasteiger partial charge >= 0.3 is 0 Å². The van der Waals surface area contributed by atoms with Gasteiger partial charge < -0.3 is 10.1 Å². The van der Waals surface area contributed by atoms with Gasteiger partial charge in [-0.15, -0.1) is 0 Å². The van der Waals surface area contributed by atoms with Crippen molar-refractivity contribution < 1.29 is 14.3 Å². The number of hydrogen-bond donors (Lipinski definition) is 1. The molecule has 0 fully saturated rings. The molecule has 96 valence electrons. The van der Waals surface area contributed by atoms with E-state index in [0.29, 0.717) is 17.8 Å². The van der Waals surface area contributed by atoms with Crippen molar-refractivity contribution in [1.29, 1.82) is 0 Å². The highest BCUT2D eigenvalue weighted by molar-refractivity contribution is 5.99. The first-order valence-corrected chi connectivity index (χ1v) is 5.73. The molecule has 0 unspecified atom stereocenters. The molecule has 5 nitrogen and oxygen atoms in total. The van der Waals surface area contributed by atoms with Crippen LogP contribution in [0, 0.1) is 0 Å². The van der Waals surface area contributed by atoms with Gasteiger partial charge in [-0.25, -0.2) is 0 Å². The fourth-order valence-corrected chi connectivity index (χ4v) is 1.86. The van der Waals surface area contributed by atoms with E-state index in [1.54, 1.807) is 27.8 Å². The Hall–Kier alpha value is -1.52. The van der Waals surface area contributed by atoms with Crippen molar-refractivity contribution in [3.05, 3.63) is 11.3 Å². The lowest BCUT2D eigenvalue weighted by Crippen LogP contribution is -2.58. The van der Waals surface area contributed by atoms with Gasteiger partial charge in [0.1, 0.15) is 11.3 Å². The van der Waals surface area contributed by atoms with Crippen LogP contribution >= 0.6 is 0 Å². The zero-order valence-corrected chi connectivity index (χ0v) is 11.1. The third-order valence-electron chi connectivity index (χ3n) is 3.15. The summed E-state index contributed by atoms with van der Waals surface area (Å²) in [6, 6.07) is 0. The van der Waals surface area contributed by atoms with E-state index >= 15 is 0 Å². The number of nitrogens with one attached hydrogen (secondary N) is 1. The van der Waals surface area contributed by atoms with Crippen LogP contribution in [-0.4, -0.2) is 36.0 Å². The molecule has 0 saturated carbocycles. The smallest absolute Gasteiger partial charge is 0.256 e. The molecule has 1 heterocycles. The Kier molecular flexibility index (Phi) is 3.80. The van der Waals surface area contributed by atoms with Crippen molar-refractivity contribution in [2.45, 2.75) is 39.7 Å². The fourth-order valence-electron chi connectivity index (χ4n) is 1.86. The number of ether oxygens (including phenoxy) is 1. The minimum absolute atomic E-state index is 0.120. The van der Waals surface area contributed by atoms with E-state index in [-0.39, 0.29) is 18.5 Å². The number of likely N-dealkylation sites (N-methyl/N-ethyl adjacent to an activating group) is 1. The van der Waals surface area contributed by atoms with Gasteiger partial charge in [0, 0.05) is 7.05 Å². The van der Waals surface area contributed by atoms with E-state index in [1.165, 1.54) is 4.90 Å². The maximum Gasteiger partial charge on any atom is 0.256 e. The number of amides is 2. The number of carbonyl (C=O) groups excluding carboxylic acids is 2. The van der Waals surface area contributed by atoms with E-state index in [4.69, 9.17) is 4.74 Å². The zero-order chi connectivity index (χ0) is 13.2. The summed E-state index contributed by atoms with van der Waals surface area (Å²) < 4.78 is 5.45. The molecule has 1 aliphatic rings. The van der Waals surface area contributed by atoms with Crippen LogP contribution in [0.15, 0.2) is 11.3 Å². The normalized spacial score (nSPS) is 17.0. The minimum Gasteiger partial charge on any atom is -0.477 e. The second-order valence-corrected chi connectivity index (χ2v) is 4.53. The Bertz CT molecular complexity index is 372. The number of nitrogens with zero attached hydrogens (tertiary/aromatic N) is 1. The third kappa shape index (κ3) is 2.28. The van der Waals surface area contributed by atoms with Crippen molar-refractivity contribution in [2.24, 2.45) is 0 Å². The standard InChI is InChI=1S/C12H20N2O3/c1-6-9-8(2)17-7-14(10(9)15)12(3,4)11(16)13-5/h6-7H2,1-5H3,(H,13,16). The van der Waals surface area contributed by atoms with Crippen LogP contribution < -0.4 is 5.32 Å². The Morgan fingerprint density at radius 1 is 1.53 bits per heavy atom. The molecule has 0 spiro atoms. The van der Waals surface area contributed by atoms with Crippen molar-refractivity contribution in [1.82, 2.24) is 10.2 Å². The highest BCUT2D eigenvalue weighted by Gasteiger charge is 2.40. The van der Waals surface area contributed by atoms with Gasteiger partial charge in [-0.05, 0) is 27.2 Å². The largest absolute Gasteiger partial charge is 0.477 e. The van der Waals surface area contributed by atoms with Crippen molar-refractivity contribution in [2.75, 3.05) is 13.8 Å². The summed E-state index contributed by atoms with van der Waals surface area (Å²) in [4.78, 5) is 25.5. The average molecular weight is 240 g/mol. The molecule has 0 atom stereocenters. The summed E-state index contributed by atoms with van der Waals surface area (Å²) in [5.74, 6) is 0.329. The highest BCUT2D eigenvalue weighted by atomic mass is 16.5. The summed E-state index contributed by atoms with van der Waals surface area (Å²) in [6.07, 6.45) is 0.602. The van der Waals surface area contributed by atoms with Crippen LogP contribution in [0.1, 0.15) is 34.1 Å². The lowest BCUT2D eigenvalue weighted by atomic mass is 9.99. The maximum atomic E-state index is 12.2. The summed E-state index contributed by atoms with van der Waals surface area (Å²) >= 11 is 0. The molecule has 1 N–H and O–H groups in total. The lowest BCUT2D eigenvalue weighted by molar-refractivity contribution is -0.151. The Morgan fingerprint density at radius 2 is 2.12 bits per heavy atom. The lowest BCUT2D eigenvalue weighted by Gasteiger charge is -2.39. The monoisotopic (exact) mass is 240 g/mol. The van der Waals surface area contributed by atoms with E-state index in [2.05, 4.69) is 5.32 Å². The molecule has 0 aromatic carbocycles. The molecular weight excluding hydrogens is 220 g/mol. The summed E-state index contributed by atoms with van der Waals surface area (Å²) in [7, 11) is 1.56. The van der Waals surface area contributed by atoms with Gasteiger partial charge in [0.05, 0.1) is 5.57 Å². The van der Waals surface area contributed by atoms with Crippen LogP contribution in [0.25, 0.3) is 0 Å². The van der Waals surface area contributed by atoms with Gasteiger partial charge in [0.25, 0.3) is 5.91 Å². The Labute approximate surface area is 102 Å². The summed E-state index contributed by atoms with van der Waals surface area (Å²) in [5.41, 5.74) is -0.277. The summed E-state index contributed by atoms with van der Waals surface area (Å²) in [6.45, 7) is 7.22. The first-order chi connectivity index (χ1) is 7.86. The second-order valence-electron chi connectivity index (χ2n) is 4.53. The van der Waals surface area contributed by atoms with Crippen molar-refractivity contribution >= 4 is 11.8 Å². The SMILES string of the molecule is CCC1=C(C)OCN(C(C)(C)C(=O)NC)C1=O. The molecule has 17 heavy (non-hydrogen) atoms. The van der Waals surface area contributed by atoms with E-state index < -0.39 is 5.54 Å². The second kappa shape index (κ2) is 4.77. The molecule has 2 amide bonds. The Morgan fingerprint density at radius 3 is 2.59 bits per heavy atom. The predicted molar refractivity (Wildman–Crippen MR) is 63.9 cm³/mol. The number of hydrogen-bond acceptors (Lipinski definition) is 3. The maximum absolute atomic E-state index is 12.2. The number of rotatable bonds is 3. The van der Waals surface area contributed by atoms with Crippen LogP contribution in [0.5, 0.6) is 0 Å². The molecule has 0 radical (unpaired) electrons. The number of allylic oxidation sites excluding steroid dienone is 1. The molecule has 1 aliphatic heterocycles.